The van der Waals surface area contributed by atoms with Gasteiger partial charge in [0.15, 0.2) is 5.16 Å². The van der Waals surface area contributed by atoms with E-state index in [0.29, 0.717) is 5.16 Å². The number of hydrogen-bond donors (Lipinski definition) is 2. The van der Waals surface area contributed by atoms with E-state index in [1.54, 1.807) is 19.1 Å². The van der Waals surface area contributed by atoms with E-state index in [0.717, 1.165) is 11.8 Å². The molecule has 112 valence electrons. The molecule has 2 heterocycles. The zero-order chi connectivity index (χ0) is 15.4. The minimum atomic E-state index is -0.411. The van der Waals surface area contributed by atoms with E-state index >= 15 is 0 Å². The highest BCUT2D eigenvalue weighted by atomic mass is 32.2. The molecule has 2 aromatic heterocycles. The Morgan fingerprint density at radius 3 is 2.67 bits per heavy atom. The maximum Gasteiger partial charge on any atom is 0.324 e. The quantitative estimate of drug-likeness (QED) is 0.217. The molecule has 21 heavy (non-hydrogen) atoms. The van der Waals surface area contributed by atoms with Gasteiger partial charge in [0.25, 0.3) is 6.20 Å². The van der Waals surface area contributed by atoms with Gasteiger partial charge in [-0.1, -0.05) is 11.8 Å². The Hall–Kier alpha value is -2.56. The van der Waals surface area contributed by atoms with E-state index in [1.165, 1.54) is 17.1 Å². The minimum absolute atomic E-state index is 0.0333. The molecule has 0 amide bonds. The third-order valence-electron chi connectivity index (χ3n) is 2.16. The maximum absolute atomic E-state index is 11.7. The molecule has 0 unspecified atom stereocenters. The van der Waals surface area contributed by atoms with Crippen LogP contribution in [-0.2, 0) is 0 Å². The van der Waals surface area contributed by atoms with Crippen molar-refractivity contribution in [3.63, 3.8) is 0 Å². The topological polar surface area (TPSA) is 146 Å². The van der Waals surface area contributed by atoms with Crippen LogP contribution in [0.3, 0.4) is 0 Å². The summed E-state index contributed by atoms with van der Waals surface area (Å²) in [7, 11) is 3.54. The molecule has 0 bridgehead atoms. The molecule has 4 N–H and O–H groups in total. The second kappa shape index (κ2) is 6.26. The van der Waals surface area contributed by atoms with Gasteiger partial charge in [0.1, 0.15) is 11.6 Å². The summed E-state index contributed by atoms with van der Waals surface area (Å²) in [5.41, 5.74) is 11.1. The first-order chi connectivity index (χ1) is 9.94. The van der Waals surface area contributed by atoms with Crippen molar-refractivity contribution >= 4 is 35.2 Å². The average molecular weight is 310 g/mol. The number of rotatable bonds is 5. The Balaban J connectivity index is 2.00. The lowest BCUT2D eigenvalue weighted by molar-refractivity contribution is -0.753. The van der Waals surface area contributed by atoms with Crippen LogP contribution in [0, 0.1) is 0 Å². The van der Waals surface area contributed by atoms with Crippen LogP contribution in [0.25, 0.3) is 0 Å². The van der Waals surface area contributed by atoms with Crippen LogP contribution in [0.2, 0.25) is 0 Å². The standard InChI is InChI=1S/C10H14N8O2S/c1-17(2)18-4-9(20-16-18)15-8(19)5-21-10-13-6(11)3-7(12)14-10/h3-4H,5H2,1-2H3,(H4-,11,12,13,14,15,16,19). The van der Waals surface area contributed by atoms with Gasteiger partial charge >= 0.3 is 5.88 Å². The second-order valence-corrected chi connectivity index (χ2v) is 5.04. The average Bonchev–Trinajstić information content (AvgIpc) is 2.84. The number of aliphatic imine (C=N–C) groups is 1. The molecule has 10 nitrogen and oxygen atoms in total. The summed E-state index contributed by atoms with van der Waals surface area (Å²) >= 11 is 1.08. The molecule has 2 aromatic rings. The van der Waals surface area contributed by atoms with Gasteiger partial charge in [0.05, 0.1) is 18.9 Å². The number of anilines is 2. The van der Waals surface area contributed by atoms with E-state index in [9.17, 15) is 5.11 Å². The molecule has 0 saturated heterocycles. The van der Waals surface area contributed by atoms with Crippen LogP contribution < -0.4 is 26.4 Å². The molecular weight excluding hydrogens is 296 g/mol. The smallest absolute Gasteiger partial charge is 0.324 e. The fraction of sp³-hybridized carbons (Fsp3) is 0.300. The fourth-order valence-electron chi connectivity index (χ4n) is 1.28. The van der Waals surface area contributed by atoms with Crippen LogP contribution in [0.4, 0.5) is 17.5 Å². The number of nitrogens with two attached hydrogens (primary N) is 2. The molecule has 0 aliphatic rings. The predicted molar refractivity (Wildman–Crippen MR) is 75.4 cm³/mol. The van der Waals surface area contributed by atoms with E-state index in [-0.39, 0.29) is 23.3 Å². The molecule has 11 heteroatoms. The van der Waals surface area contributed by atoms with Gasteiger partial charge in [-0.2, -0.15) is 5.01 Å². The molecule has 0 saturated carbocycles. The Morgan fingerprint density at radius 1 is 1.43 bits per heavy atom. The summed E-state index contributed by atoms with van der Waals surface area (Å²) in [5.74, 6) is 0.230. The van der Waals surface area contributed by atoms with Gasteiger partial charge in [-0.25, -0.2) is 15.0 Å². The summed E-state index contributed by atoms with van der Waals surface area (Å²) in [5, 5.41) is 17.4. The summed E-state index contributed by atoms with van der Waals surface area (Å²) < 4.78 is 4.89. The van der Waals surface area contributed by atoms with Crippen molar-refractivity contribution in [1.82, 2.24) is 15.2 Å². The molecule has 0 spiro atoms. The normalized spacial score (nSPS) is 11.6. The van der Waals surface area contributed by atoms with Gasteiger partial charge in [0, 0.05) is 11.8 Å². The second-order valence-electron chi connectivity index (χ2n) is 4.10. The Bertz CT molecular complexity index is 636. The molecular formula is C10H14N8O2S. The first-order valence-corrected chi connectivity index (χ1v) is 6.76. The Kier molecular flexibility index (Phi) is 4.42. The van der Waals surface area contributed by atoms with E-state index in [1.807, 2.05) is 0 Å². The summed E-state index contributed by atoms with van der Waals surface area (Å²) in [4.78, 5) is 13.1. The molecule has 2 rings (SSSR count). The summed E-state index contributed by atoms with van der Waals surface area (Å²) in [6, 6.07) is 1.44. The van der Waals surface area contributed by atoms with E-state index < -0.39 is 5.90 Å². The van der Waals surface area contributed by atoms with Crippen LogP contribution in [0.1, 0.15) is 0 Å². The van der Waals surface area contributed by atoms with Gasteiger partial charge in [0.2, 0.25) is 5.27 Å². The number of thioether (sulfide) groups is 1. The molecule has 0 aromatic carbocycles. The maximum atomic E-state index is 11.7. The molecule has 0 fully saturated rings. The number of hydrogen-bond acceptors (Lipinski definition) is 10. The summed E-state index contributed by atoms with van der Waals surface area (Å²) in [6.07, 6.45) is 1.48. The molecule has 0 aliphatic carbocycles. The zero-order valence-corrected chi connectivity index (χ0v) is 12.2. The Labute approximate surface area is 124 Å². The molecule has 0 atom stereocenters. The van der Waals surface area contributed by atoms with Crippen LogP contribution in [0.5, 0.6) is 0 Å². The highest BCUT2D eigenvalue weighted by Crippen LogP contribution is 2.16. The van der Waals surface area contributed by atoms with Crippen molar-refractivity contribution < 1.29 is 14.4 Å². The SMILES string of the molecule is CN(C)[n+]1cc(/N=C(/[O-])CSc2nc(N)cc(N)n2)on1. The van der Waals surface area contributed by atoms with Gasteiger partial charge in [-0.3, -0.25) is 4.52 Å². The van der Waals surface area contributed by atoms with Crippen LogP contribution >= 0.6 is 11.8 Å². The third kappa shape index (κ3) is 4.21. The molecule has 0 aliphatic heterocycles. The highest BCUT2D eigenvalue weighted by Gasteiger charge is 2.12. The number of nitrogen functional groups attached to an aromatic ring is 2. The van der Waals surface area contributed by atoms with Gasteiger partial charge < -0.3 is 16.6 Å². The summed E-state index contributed by atoms with van der Waals surface area (Å²) in [6.45, 7) is 0. The predicted octanol–water partition coefficient (Wildman–Crippen LogP) is -1.70. The zero-order valence-electron chi connectivity index (χ0n) is 11.4. The lowest BCUT2D eigenvalue weighted by Crippen LogP contribution is -2.53. The minimum Gasteiger partial charge on any atom is -0.861 e. The first-order valence-electron chi connectivity index (χ1n) is 5.77. The molecule has 0 radical (unpaired) electrons. The lowest BCUT2D eigenvalue weighted by Gasteiger charge is -2.07. The van der Waals surface area contributed by atoms with Crippen molar-refractivity contribution in [2.75, 3.05) is 36.3 Å². The monoisotopic (exact) mass is 310 g/mol. The fourth-order valence-corrected chi connectivity index (χ4v) is 1.93. The number of nitrogens with zero attached hydrogens (tertiary/aromatic N) is 6. The highest BCUT2D eigenvalue weighted by molar-refractivity contribution is 7.99. The van der Waals surface area contributed by atoms with E-state index in [2.05, 4.69) is 20.2 Å². The largest absolute Gasteiger partial charge is 0.861 e. The van der Waals surface area contributed by atoms with Crippen molar-refractivity contribution in [3.8, 4) is 0 Å². The lowest BCUT2D eigenvalue weighted by atomic mass is 10.5. The van der Waals surface area contributed by atoms with Gasteiger partial charge in [-0.15, -0.1) is 0 Å². The first kappa shape index (κ1) is 14.8. The van der Waals surface area contributed by atoms with Crippen molar-refractivity contribution in [3.05, 3.63) is 12.3 Å². The van der Waals surface area contributed by atoms with Crippen molar-refractivity contribution in [2.45, 2.75) is 5.16 Å². The van der Waals surface area contributed by atoms with E-state index in [4.69, 9.17) is 16.0 Å². The van der Waals surface area contributed by atoms with Gasteiger partial charge in [-0.05, 0) is 5.90 Å². The van der Waals surface area contributed by atoms with Crippen LogP contribution in [-0.4, -0.2) is 41.0 Å². The van der Waals surface area contributed by atoms with Crippen LogP contribution in [0.15, 0.2) is 26.9 Å². The number of aromatic nitrogens is 4. The Morgan fingerprint density at radius 2 is 2.10 bits per heavy atom. The van der Waals surface area contributed by atoms with Crippen molar-refractivity contribution in [2.24, 2.45) is 4.99 Å². The third-order valence-corrected chi connectivity index (χ3v) is 2.99. The van der Waals surface area contributed by atoms with Crippen molar-refractivity contribution in [1.29, 1.82) is 0 Å².